The Hall–Kier alpha value is -2.52. The second-order valence-electron chi connectivity index (χ2n) is 10.9. The lowest BCUT2D eigenvalue weighted by Gasteiger charge is -2.45. The van der Waals surface area contributed by atoms with E-state index in [0.29, 0.717) is 0 Å². The topological polar surface area (TPSA) is 197 Å². The zero-order chi connectivity index (χ0) is 35.1. The molecule has 3 rings (SSSR count). The van der Waals surface area contributed by atoms with Crippen LogP contribution in [0.4, 0.5) is 0 Å². The molecule has 3 saturated heterocycles. The molecular weight excluding hydrogens is 648 g/mol. The first-order chi connectivity index (χ1) is 23.0. The quantitative estimate of drug-likeness (QED) is 0.228. The molecule has 3 fully saturated rings. The molecule has 0 aromatic carbocycles. The summed E-state index contributed by atoms with van der Waals surface area (Å²) in [6.45, 7) is 5.18. The predicted octanol–water partition coefficient (Wildman–Crippen LogP) is -0.694. The van der Waals surface area contributed by atoms with Gasteiger partial charge < -0.3 is 66.3 Å². The monoisotopic (exact) mass is 696 g/mol. The molecule has 0 aromatic heterocycles. The van der Waals surface area contributed by atoms with E-state index in [4.69, 9.17) is 66.3 Å². The van der Waals surface area contributed by atoms with Crippen LogP contribution in [0.25, 0.3) is 0 Å². The first-order valence-electron chi connectivity index (χ1n) is 15.6. The Kier molecular flexibility index (Phi) is 17.4. The third-order valence-corrected chi connectivity index (χ3v) is 7.30. The minimum atomic E-state index is -1.01. The fraction of sp³-hybridized carbons (Fsp3) is 0.867. The Morgan fingerprint density at radius 2 is 0.833 bits per heavy atom. The second-order valence-corrected chi connectivity index (χ2v) is 10.9. The summed E-state index contributed by atoms with van der Waals surface area (Å²) in [5.41, 5.74) is 0. The van der Waals surface area contributed by atoms with Crippen LogP contribution in [0.3, 0.4) is 0 Å². The normalized spacial score (nSPS) is 34.2. The van der Waals surface area contributed by atoms with E-state index in [1.807, 2.05) is 0 Å². The van der Waals surface area contributed by atoms with Gasteiger partial charge in [0.25, 0.3) is 0 Å². The second kappa shape index (κ2) is 20.9. The molecule has 0 spiro atoms. The number of carbonyl (C=O) groups is 4. The SMILES string of the molecule is CO[C@H]1O[C@H](COC(C)=O)[C@@H](OC(C)=O)[C@@H]2OCCOCCO[C@H]3[C@@H](OC)O[C@H](COC(C)=O)[C@@H](OC(C)=O)[C@@H]3OCCOCCO[C@@H]12. The van der Waals surface area contributed by atoms with Gasteiger partial charge in [0.1, 0.15) is 49.8 Å². The Morgan fingerprint density at radius 1 is 0.500 bits per heavy atom. The van der Waals surface area contributed by atoms with E-state index in [0.717, 1.165) is 0 Å². The summed E-state index contributed by atoms with van der Waals surface area (Å²) in [5.74, 6) is -2.28. The molecule has 48 heavy (non-hydrogen) atoms. The van der Waals surface area contributed by atoms with E-state index in [1.54, 1.807) is 0 Å². The Morgan fingerprint density at radius 3 is 1.12 bits per heavy atom. The van der Waals surface area contributed by atoms with Crippen molar-refractivity contribution in [3.8, 4) is 0 Å². The van der Waals surface area contributed by atoms with Gasteiger partial charge in [-0.15, -0.1) is 0 Å². The third kappa shape index (κ3) is 12.4. The molecule has 0 unspecified atom stereocenters. The maximum absolute atomic E-state index is 12.1. The van der Waals surface area contributed by atoms with Gasteiger partial charge in [0.05, 0.1) is 52.9 Å². The number of hydrogen-bond donors (Lipinski definition) is 0. The smallest absolute Gasteiger partial charge is 0.303 e. The first-order valence-corrected chi connectivity index (χ1v) is 15.6. The molecule has 3 aliphatic rings. The summed E-state index contributed by atoms with van der Waals surface area (Å²) in [6, 6.07) is 0. The van der Waals surface area contributed by atoms with Crippen molar-refractivity contribution in [1.29, 1.82) is 0 Å². The molecule has 276 valence electrons. The molecule has 18 heteroatoms. The van der Waals surface area contributed by atoms with Crippen molar-refractivity contribution in [2.24, 2.45) is 0 Å². The highest BCUT2D eigenvalue weighted by Gasteiger charge is 2.51. The molecule has 0 amide bonds. The first kappa shape index (κ1) is 39.9. The molecular formula is C30H48O18. The summed E-state index contributed by atoms with van der Waals surface area (Å²) in [6.07, 6.45) is -9.30. The van der Waals surface area contributed by atoms with Crippen molar-refractivity contribution < 1.29 is 85.5 Å². The largest absolute Gasteiger partial charge is 0.463 e. The number of esters is 4. The van der Waals surface area contributed by atoms with Crippen LogP contribution in [0.15, 0.2) is 0 Å². The Bertz CT molecular complexity index is 932. The van der Waals surface area contributed by atoms with E-state index >= 15 is 0 Å². The van der Waals surface area contributed by atoms with Gasteiger partial charge in [-0.1, -0.05) is 0 Å². The molecule has 0 saturated carbocycles. The van der Waals surface area contributed by atoms with E-state index in [2.05, 4.69) is 0 Å². The molecule has 0 N–H and O–H groups in total. The average molecular weight is 697 g/mol. The summed E-state index contributed by atoms with van der Waals surface area (Å²) in [5, 5.41) is 0. The van der Waals surface area contributed by atoms with Gasteiger partial charge in [-0.25, -0.2) is 0 Å². The lowest BCUT2D eigenvalue weighted by molar-refractivity contribution is -0.317. The Balaban J connectivity index is 1.75. The van der Waals surface area contributed by atoms with Gasteiger partial charge in [0, 0.05) is 41.9 Å². The lowest BCUT2D eigenvalue weighted by Crippen LogP contribution is -2.62. The predicted molar refractivity (Wildman–Crippen MR) is 156 cm³/mol. The standard InChI is InChI=1S/C30H48O18/c1-17(31)43-15-21-23(45-19(3)33)25-27(29(35-5)47-21)41-13-9-38-8-12-40-26-24(46-20(4)34)22(16-44-18(2)32)48-30(36-6)28(26)42-14-10-37-7-11-39-25/h21-30H,7-16H2,1-6H3/t21-,22-,23-,24-,25+,26+,27-,28-,29+,30+/m1/s1. The third-order valence-electron chi connectivity index (χ3n) is 7.30. The minimum Gasteiger partial charge on any atom is -0.463 e. The lowest BCUT2D eigenvalue weighted by atomic mass is 9.98. The molecule has 0 aliphatic carbocycles. The van der Waals surface area contributed by atoms with Gasteiger partial charge in [0.2, 0.25) is 0 Å². The van der Waals surface area contributed by atoms with Gasteiger partial charge >= 0.3 is 23.9 Å². The number of rotatable bonds is 8. The number of hydrogen-bond acceptors (Lipinski definition) is 18. The van der Waals surface area contributed by atoms with Crippen molar-refractivity contribution in [3.63, 3.8) is 0 Å². The van der Waals surface area contributed by atoms with Gasteiger partial charge in [0.15, 0.2) is 24.8 Å². The zero-order valence-corrected chi connectivity index (χ0v) is 28.2. The molecule has 3 heterocycles. The number of carbonyl (C=O) groups excluding carboxylic acids is 4. The molecule has 3 aliphatic heterocycles. The van der Waals surface area contributed by atoms with E-state index in [-0.39, 0.29) is 66.1 Å². The van der Waals surface area contributed by atoms with Crippen LogP contribution >= 0.6 is 0 Å². The average Bonchev–Trinajstić information content (AvgIpc) is 3.03. The van der Waals surface area contributed by atoms with Crippen LogP contribution < -0.4 is 0 Å². The minimum absolute atomic E-state index is 0.0425. The fourth-order valence-electron chi connectivity index (χ4n) is 5.38. The Labute approximate surface area is 279 Å². The molecule has 10 atom stereocenters. The number of fused-ring (bicyclic) bond motifs is 2. The summed E-state index contributed by atoms with van der Waals surface area (Å²) in [7, 11) is 2.83. The van der Waals surface area contributed by atoms with Crippen LogP contribution in [0.1, 0.15) is 27.7 Å². The van der Waals surface area contributed by atoms with Crippen molar-refractivity contribution in [3.05, 3.63) is 0 Å². The van der Waals surface area contributed by atoms with Crippen LogP contribution in [-0.4, -0.2) is 166 Å². The van der Waals surface area contributed by atoms with Crippen LogP contribution in [-0.2, 0) is 85.5 Å². The number of ether oxygens (including phenoxy) is 14. The molecule has 0 aromatic rings. The van der Waals surface area contributed by atoms with Gasteiger partial charge in [-0.2, -0.15) is 0 Å². The highest BCUT2D eigenvalue weighted by molar-refractivity contribution is 5.67. The zero-order valence-electron chi connectivity index (χ0n) is 28.2. The molecule has 0 bridgehead atoms. The highest BCUT2D eigenvalue weighted by Crippen LogP contribution is 2.31. The molecule has 18 nitrogen and oxygen atoms in total. The van der Waals surface area contributed by atoms with Crippen molar-refractivity contribution in [2.45, 2.75) is 89.1 Å². The van der Waals surface area contributed by atoms with E-state index in [9.17, 15) is 19.2 Å². The molecule has 0 radical (unpaired) electrons. The summed E-state index contributed by atoms with van der Waals surface area (Å²) in [4.78, 5) is 47.2. The van der Waals surface area contributed by atoms with Gasteiger partial charge in [-0.05, 0) is 0 Å². The van der Waals surface area contributed by atoms with Gasteiger partial charge in [-0.3, -0.25) is 19.2 Å². The van der Waals surface area contributed by atoms with E-state index in [1.165, 1.54) is 41.9 Å². The van der Waals surface area contributed by atoms with Crippen molar-refractivity contribution in [1.82, 2.24) is 0 Å². The highest BCUT2D eigenvalue weighted by atomic mass is 16.7. The number of methoxy groups -OCH3 is 2. The maximum Gasteiger partial charge on any atom is 0.303 e. The van der Waals surface area contributed by atoms with Crippen molar-refractivity contribution >= 4 is 23.9 Å². The fourth-order valence-corrected chi connectivity index (χ4v) is 5.38. The van der Waals surface area contributed by atoms with Crippen LogP contribution in [0.5, 0.6) is 0 Å². The summed E-state index contributed by atoms with van der Waals surface area (Å²) >= 11 is 0. The maximum atomic E-state index is 12.1. The van der Waals surface area contributed by atoms with Crippen LogP contribution in [0, 0.1) is 0 Å². The van der Waals surface area contributed by atoms with Crippen LogP contribution in [0.2, 0.25) is 0 Å². The van der Waals surface area contributed by atoms with Crippen molar-refractivity contribution in [2.75, 3.05) is 80.3 Å². The summed E-state index contributed by atoms with van der Waals surface area (Å²) < 4.78 is 80.4. The van der Waals surface area contributed by atoms with E-state index < -0.39 is 85.3 Å².